The zero-order valence-electron chi connectivity index (χ0n) is 20.0. The third kappa shape index (κ3) is 4.45. The zero-order valence-corrected chi connectivity index (χ0v) is 20.0. The topological polar surface area (TPSA) is 53.0 Å². The summed E-state index contributed by atoms with van der Waals surface area (Å²) in [7, 11) is 1.66. The predicted molar refractivity (Wildman–Crippen MR) is 133 cm³/mol. The Kier molecular flexibility index (Phi) is 6.89. The van der Waals surface area contributed by atoms with Crippen LogP contribution in [0.3, 0.4) is 0 Å². The van der Waals surface area contributed by atoms with Crippen molar-refractivity contribution in [2.45, 2.75) is 50.1 Å². The van der Waals surface area contributed by atoms with E-state index in [1.807, 2.05) is 24.3 Å². The summed E-state index contributed by atoms with van der Waals surface area (Å²) >= 11 is 0. The van der Waals surface area contributed by atoms with Crippen molar-refractivity contribution in [2.75, 3.05) is 33.4 Å². The van der Waals surface area contributed by atoms with Gasteiger partial charge in [-0.1, -0.05) is 42.5 Å². The fourth-order valence-electron chi connectivity index (χ4n) is 5.73. The molecule has 2 saturated heterocycles. The molecule has 3 atom stereocenters. The van der Waals surface area contributed by atoms with E-state index in [0.29, 0.717) is 5.91 Å². The van der Waals surface area contributed by atoms with E-state index in [1.165, 1.54) is 12.0 Å². The van der Waals surface area contributed by atoms with Gasteiger partial charge in [-0.15, -0.1) is 0 Å². The van der Waals surface area contributed by atoms with Crippen LogP contribution in [-0.2, 0) is 4.79 Å². The number of ether oxygens (including phenoxy) is 1. The van der Waals surface area contributed by atoms with Gasteiger partial charge in [-0.3, -0.25) is 9.69 Å². The Balaban J connectivity index is 1.33. The highest BCUT2D eigenvalue weighted by molar-refractivity contribution is 5.79. The number of aliphatic hydroxyl groups is 1. The Morgan fingerprint density at radius 2 is 1.79 bits per heavy atom. The molecule has 1 saturated carbocycles. The van der Waals surface area contributed by atoms with Crippen LogP contribution in [0.4, 0.5) is 0 Å². The van der Waals surface area contributed by atoms with Crippen LogP contribution in [0.2, 0.25) is 0 Å². The van der Waals surface area contributed by atoms with E-state index in [2.05, 4.69) is 45.9 Å². The average molecular weight is 459 g/mol. The molecule has 5 nitrogen and oxygen atoms in total. The third-order valence-electron chi connectivity index (χ3n) is 7.88. The van der Waals surface area contributed by atoms with Crippen molar-refractivity contribution in [1.82, 2.24) is 9.80 Å². The van der Waals surface area contributed by atoms with E-state index in [9.17, 15) is 9.90 Å². The monoisotopic (exact) mass is 458 g/mol. The Labute approximate surface area is 202 Å². The molecule has 0 aromatic heterocycles. The molecule has 0 spiro atoms. The van der Waals surface area contributed by atoms with Crippen molar-refractivity contribution >= 4 is 5.91 Å². The molecule has 0 bridgehead atoms. The van der Waals surface area contributed by atoms with Gasteiger partial charge in [0.05, 0.1) is 19.3 Å². The minimum Gasteiger partial charge on any atom is -0.495 e. The summed E-state index contributed by atoms with van der Waals surface area (Å²) in [5.41, 5.74) is 3.04. The second-order valence-electron chi connectivity index (χ2n) is 9.77. The lowest BCUT2D eigenvalue weighted by molar-refractivity contribution is -0.143. The van der Waals surface area contributed by atoms with Gasteiger partial charge in [-0.05, 0) is 62.1 Å². The standard InChI is InChI=1S/C29H34N2O3/c1-34-27-10-3-2-7-22(27)14-11-21-12-15-23(16-13-21)28-25-19-30(29(33)24-8-6-9-24)17-4-5-18-31(25)26(28)20-32/h2-3,7,10,12-13,15-16,24-26,28,32H,4-6,8-9,17-20H2,1H3/t25-,26-,28+/m0/s1. The van der Waals surface area contributed by atoms with Gasteiger partial charge in [0, 0.05) is 42.6 Å². The van der Waals surface area contributed by atoms with Crippen LogP contribution in [0.5, 0.6) is 5.75 Å². The maximum atomic E-state index is 13.0. The quantitative estimate of drug-likeness (QED) is 0.711. The third-order valence-corrected chi connectivity index (χ3v) is 7.88. The molecule has 5 rings (SSSR count). The van der Waals surface area contributed by atoms with Gasteiger partial charge in [-0.2, -0.15) is 0 Å². The first-order valence-corrected chi connectivity index (χ1v) is 12.6. The van der Waals surface area contributed by atoms with Crippen LogP contribution in [0.15, 0.2) is 48.5 Å². The summed E-state index contributed by atoms with van der Waals surface area (Å²) in [6, 6.07) is 16.6. The summed E-state index contributed by atoms with van der Waals surface area (Å²) < 4.78 is 5.39. The number of para-hydroxylation sites is 1. The lowest BCUT2D eigenvalue weighted by atomic mass is 9.74. The fourth-order valence-corrected chi connectivity index (χ4v) is 5.73. The fraction of sp³-hybridized carbons (Fsp3) is 0.483. The number of nitrogens with zero attached hydrogens (tertiary/aromatic N) is 2. The highest BCUT2D eigenvalue weighted by Crippen LogP contribution is 2.42. The highest BCUT2D eigenvalue weighted by Gasteiger charge is 2.49. The minimum atomic E-state index is 0.120. The molecule has 2 aliphatic heterocycles. The SMILES string of the molecule is COc1ccccc1C#Cc1ccc([C@H]2[C@H](CO)N3CCCCN(C(=O)C4CCC4)C[C@@H]23)cc1. The van der Waals surface area contributed by atoms with Gasteiger partial charge in [-0.25, -0.2) is 0 Å². The summed E-state index contributed by atoms with van der Waals surface area (Å²) in [6.07, 6.45) is 5.39. The molecule has 34 heavy (non-hydrogen) atoms. The molecular weight excluding hydrogens is 424 g/mol. The van der Waals surface area contributed by atoms with Gasteiger partial charge >= 0.3 is 0 Å². The van der Waals surface area contributed by atoms with Gasteiger partial charge in [0.1, 0.15) is 5.75 Å². The number of carbonyl (C=O) groups excluding carboxylic acids is 1. The van der Waals surface area contributed by atoms with E-state index in [4.69, 9.17) is 4.74 Å². The minimum absolute atomic E-state index is 0.120. The Hall–Kier alpha value is -2.81. The van der Waals surface area contributed by atoms with Gasteiger partial charge < -0.3 is 14.7 Å². The Bertz CT molecular complexity index is 1070. The van der Waals surface area contributed by atoms with Crippen molar-refractivity contribution in [3.63, 3.8) is 0 Å². The zero-order chi connectivity index (χ0) is 23.5. The number of hydrogen-bond acceptors (Lipinski definition) is 4. The summed E-state index contributed by atoms with van der Waals surface area (Å²) in [4.78, 5) is 17.6. The van der Waals surface area contributed by atoms with Gasteiger partial charge in [0.2, 0.25) is 5.91 Å². The van der Waals surface area contributed by atoms with Crippen molar-refractivity contribution in [3.8, 4) is 17.6 Å². The maximum absolute atomic E-state index is 13.0. The molecule has 178 valence electrons. The van der Waals surface area contributed by atoms with Crippen molar-refractivity contribution in [2.24, 2.45) is 5.92 Å². The largest absolute Gasteiger partial charge is 0.495 e. The number of carbonyl (C=O) groups is 1. The summed E-state index contributed by atoms with van der Waals surface area (Å²) in [5, 5.41) is 10.2. The van der Waals surface area contributed by atoms with Crippen LogP contribution in [0.1, 0.15) is 54.7 Å². The van der Waals surface area contributed by atoms with E-state index in [1.54, 1.807) is 7.11 Å². The van der Waals surface area contributed by atoms with E-state index < -0.39 is 0 Å². The van der Waals surface area contributed by atoms with Crippen LogP contribution in [0, 0.1) is 17.8 Å². The normalized spacial score (nSPS) is 25.0. The molecule has 2 aromatic carbocycles. The first-order valence-electron chi connectivity index (χ1n) is 12.6. The average Bonchev–Trinajstić information content (AvgIpc) is 2.81. The molecule has 0 radical (unpaired) electrons. The smallest absolute Gasteiger partial charge is 0.225 e. The van der Waals surface area contributed by atoms with Gasteiger partial charge in [0.15, 0.2) is 0 Å². The number of aliphatic hydroxyl groups excluding tert-OH is 1. The molecule has 2 heterocycles. The molecular formula is C29H34N2O3. The van der Waals surface area contributed by atoms with E-state index in [0.717, 1.165) is 62.2 Å². The number of benzene rings is 2. The molecule has 0 unspecified atom stereocenters. The molecule has 1 amide bonds. The van der Waals surface area contributed by atoms with E-state index in [-0.39, 0.29) is 30.5 Å². The molecule has 3 fully saturated rings. The van der Waals surface area contributed by atoms with Crippen LogP contribution in [-0.4, -0.2) is 66.2 Å². The number of fused-ring (bicyclic) bond motifs is 1. The molecule has 2 aromatic rings. The van der Waals surface area contributed by atoms with Crippen LogP contribution in [0.25, 0.3) is 0 Å². The molecule has 5 heteroatoms. The summed E-state index contributed by atoms with van der Waals surface area (Å²) in [5.74, 6) is 8.05. The van der Waals surface area contributed by atoms with Gasteiger partial charge in [0.25, 0.3) is 0 Å². The number of methoxy groups -OCH3 is 1. The summed E-state index contributed by atoms with van der Waals surface area (Å²) in [6.45, 7) is 2.78. The second kappa shape index (κ2) is 10.2. The van der Waals surface area contributed by atoms with Crippen molar-refractivity contribution in [1.29, 1.82) is 0 Å². The van der Waals surface area contributed by atoms with Crippen molar-refractivity contribution < 1.29 is 14.6 Å². The van der Waals surface area contributed by atoms with Crippen molar-refractivity contribution in [3.05, 3.63) is 65.2 Å². The number of hydrogen-bond donors (Lipinski definition) is 1. The molecule has 3 aliphatic rings. The predicted octanol–water partition coefficient (Wildman–Crippen LogP) is 3.65. The second-order valence-corrected chi connectivity index (χ2v) is 9.77. The Morgan fingerprint density at radius 3 is 2.50 bits per heavy atom. The first kappa shape index (κ1) is 23.0. The number of amides is 1. The van der Waals surface area contributed by atoms with E-state index >= 15 is 0 Å². The molecule has 1 aliphatic carbocycles. The highest BCUT2D eigenvalue weighted by atomic mass is 16.5. The number of rotatable bonds is 4. The molecule has 1 N–H and O–H groups in total. The lowest BCUT2D eigenvalue weighted by Crippen LogP contribution is -2.68. The van der Waals surface area contributed by atoms with Crippen LogP contribution < -0.4 is 4.74 Å². The first-order chi connectivity index (χ1) is 16.7. The maximum Gasteiger partial charge on any atom is 0.225 e. The Morgan fingerprint density at radius 1 is 1.03 bits per heavy atom. The lowest BCUT2D eigenvalue weighted by Gasteiger charge is -2.57. The van der Waals surface area contributed by atoms with Crippen LogP contribution >= 0.6 is 0 Å².